The summed E-state index contributed by atoms with van der Waals surface area (Å²) >= 11 is 0. The van der Waals surface area contributed by atoms with E-state index in [1.165, 1.54) is 4.90 Å². The van der Waals surface area contributed by atoms with Gasteiger partial charge in [0.05, 0.1) is 18.9 Å². The maximum absolute atomic E-state index is 11.4. The molecule has 0 rings (SSSR count). The van der Waals surface area contributed by atoms with Crippen LogP contribution in [0.15, 0.2) is 0 Å². The van der Waals surface area contributed by atoms with E-state index in [9.17, 15) is 9.59 Å². The van der Waals surface area contributed by atoms with Gasteiger partial charge >= 0.3 is 12.0 Å². The molecule has 0 aliphatic heterocycles. The lowest BCUT2D eigenvalue weighted by atomic mass is 10.4. The summed E-state index contributed by atoms with van der Waals surface area (Å²) in [4.78, 5) is 23.0. The van der Waals surface area contributed by atoms with Crippen molar-refractivity contribution in [1.82, 2.24) is 10.2 Å². The molecule has 0 saturated carbocycles. The summed E-state index contributed by atoms with van der Waals surface area (Å²) in [6.07, 6.45) is 0.182. The molecule has 0 spiro atoms. The minimum atomic E-state index is -0.949. The fourth-order valence-electron chi connectivity index (χ4n) is 0.976. The number of nitriles is 1. The van der Waals surface area contributed by atoms with Gasteiger partial charge in [0.2, 0.25) is 0 Å². The van der Waals surface area contributed by atoms with Crippen molar-refractivity contribution in [1.29, 1.82) is 5.26 Å². The van der Waals surface area contributed by atoms with E-state index in [2.05, 4.69) is 5.32 Å². The first-order valence-electron chi connectivity index (χ1n) is 4.73. The summed E-state index contributed by atoms with van der Waals surface area (Å²) in [6, 6.07) is 1.62. The van der Waals surface area contributed by atoms with Crippen molar-refractivity contribution in [3.63, 3.8) is 0 Å². The molecule has 0 heterocycles. The van der Waals surface area contributed by atoms with Crippen LogP contribution in [0, 0.1) is 11.3 Å². The van der Waals surface area contributed by atoms with Crippen LogP contribution in [0.5, 0.6) is 0 Å². The van der Waals surface area contributed by atoms with E-state index in [0.29, 0.717) is 13.1 Å². The number of nitrogens with zero attached hydrogens (tertiary/aromatic N) is 2. The third kappa shape index (κ3) is 6.32. The number of amides is 2. The summed E-state index contributed by atoms with van der Waals surface area (Å²) in [5, 5.41) is 19.2. The number of hydrogen-bond acceptors (Lipinski definition) is 3. The highest BCUT2D eigenvalue weighted by atomic mass is 16.4. The second kappa shape index (κ2) is 7.62. The highest BCUT2D eigenvalue weighted by molar-refractivity contribution is 5.75. The van der Waals surface area contributed by atoms with Gasteiger partial charge in [-0.15, -0.1) is 0 Å². The van der Waals surface area contributed by atoms with Crippen LogP contribution in [0.1, 0.15) is 19.8 Å². The molecule has 0 bridgehead atoms. The topological polar surface area (TPSA) is 93.4 Å². The summed E-state index contributed by atoms with van der Waals surface area (Å²) in [5.74, 6) is -0.949. The molecular weight excluding hydrogens is 198 g/mol. The Morgan fingerprint density at radius 3 is 2.67 bits per heavy atom. The SMILES string of the molecule is CCN(CCC#N)C(=O)NCCC(=O)O. The van der Waals surface area contributed by atoms with Gasteiger partial charge in [-0.2, -0.15) is 5.26 Å². The van der Waals surface area contributed by atoms with Gasteiger partial charge in [-0.25, -0.2) is 4.79 Å². The lowest BCUT2D eigenvalue weighted by molar-refractivity contribution is -0.136. The fraction of sp³-hybridized carbons (Fsp3) is 0.667. The quantitative estimate of drug-likeness (QED) is 0.668. The molecular formula is C9H15N3O3. The monoisotopic (exact) mass is 213 g/mol. The number of carbonyl (C=O) groups excluding carboxylic acids is 1. The van der Waals surface area contributed by atoms with Crippen molar-refractivity contribution in [2.45, 2.75) is 19.8 Å². The van der Waals surface area contributed by atoms with Crippen molar-refractivity contribution in [3.8, 4) is 6.07 Å². The van der Waals surface area contributed by atoms with Crippen LogP contribution in [-0.2, 0) is 4.79 Å². The standard InChI is InChI=1S/C9H15N3O3/c1-2-12(7-3-5-10)9(15)11-6-4-8(13)14/h2-4,6-7H2,1H3,(H,11,15)(H,13,14). The fourth-order valence-corrected chi connectivity index (χ4v) is 0.976. The van der Waals surface area contributed by atoms with Crippen molar-refractivity contribution >= 4 is 12.0 Å². The van der Waals surface area contributed by atoms with Gasteiger partial charge in [-0.3, -0.25) is 4.79 Å². The van der Waals surface area contributed by atoms with Crippen molar-refractivity contribution in [2.75, 3.05) is 19.6 Å². The average Bonchev–Trinajstić information content (AvgIpc) is 2.18. The van der Waals surface area contributed by atoms with E-state index < -0.39 is 5.97 Å². The Morgan fingerprint density at radius 2 is 2.20 bits per heavy atom. The normalized spacial score (nSPS) is 9.07. The van der Waals surface area contributed by atoms with Crippen LogP contribution < -0.4 is 5.32 Å². The van der Waals surface area contributed by atoms with E-state index >= 15 is 0 Å². The maximum Gasteiger partial charge on any atom is 0.317 e. The molecule has 84 valence electrons. The molecule has 0 saturated heterocycles. The number of aliphatic carboxylic acids is 1. The second-order valence-electron chi connectivity index (χ2n) is 2.86. The molecule has 15 heavy (non-hydrogen) atoms. The Kier molecular flexibility index (Phi) is 6.72. The van der Waals surface area contributed by atoms with Crippen LogP contribution in [0.3, 0.4) is 0 Å². The van der Waals surface area contributed by atoms with Gasteiger partial charge in [-0.1, -0.05) is 0 Å². The Balaban J connectivity index is 3.84. The highest BCUT2D eigenvalue weighted by Gasteiger charge is 2.10. The first-order chi connectivity index (χ1) is 7.11. The number of carboxylic acids is 1. The maximum atomic E-state index is 11.4. The largest absolute Gasteiger partial charge is 0.481 e. The molecule has 2 amide bonds. The molecule has 0 aliphatic carbocycles. The Labute approximate surface area is 88.5 Å². The zero-order valence-corrected chi connectivity index (χ0v) is 8.69. The minimum Gasteiger partial charge on any atom is -0.481 e. The first-order valence-corrected chi connectivity index (χ1v) is 4.73. The minimum absolute atomic E-state index is 0.0957. The third-order valence-corrected chi connectivity index (χ3v) is 1.78. The van der Waals surface area contributed by atoms with Gasteiger partial charge in [0.15, 0.2) is 0 Å². The number of hydrogen-bond donors (Lipinski definition) is 2. The zero-order valence-electron chi connectivity index (χ0n) is 8.69. The lowest BCUT2D eigenvalue weighted by Gasteiger charge is -2.19. The van der Waals surface area contributed by atoms with Crippen LogP contribution >= 0.6 is 0 Å². The summed E-state index contributed by atoms with van der Waals surface area (Å²) in [7, 11) is 0. The molecule has 2 N–H and O–H groups in total. The number of rotatable bonds is 6. The Hall–Kier alpha value is -1.77. The number of nitrogens with one attached hydrogen (secondary N) is 1. The van der Waals surface area contributed by atoms with Crippen LogP contribution in [0.2, 0.25) is 0 Å². The molecule has 6 nitrogen and oxygen atoms in total. The predicted octanol–water partition coefficient (Wildman–Crippen LogP) is 0.406. The van der Waals surface area contributed by atoms with E-state index in [1.807, 2.05) is 6.07 Å². The number of carboxylic acid groups (broad SMARTS) is 1. The van der Waals surface area contributed by atoms with Gasteiger partial charge in [-0.05, 0) is 6.92 Å². The van der Waals surface area contributed by atoms with Crippen LogP contribution in [0.25, 0.3) is 0 Å². The van der Waals surface area contributed by atoms with E-state index in [0.717, 1.165) is 0 Å². The van der Waals surface area contributed by atoms with Gasteiger partial charge in [0.1, 0.15) is 0 Å². The van der Waals surface area contributed by atoms with E-state index in [1.54, 1.807) is 6.92 Å². The first kappa shape index (κ1) is 13.2. The van der Waals surface area contributed by atoms with Crippen LogP contribution in [0.4, 0.5) is 4.79 Å². The number of urea groups is 1. The molecule has 0 aromatic rings. The summed E-state index contributed by atoms with van der Waals surface area (Å²) in [6.45, 7) is 2.78. The molecule has 0 fully saturated rings. The van der Waals surface area contributed by atoms with Crippen molar-refractivity contribution < 1.29 is 14.7 Å². The molecule has 0 unspecified atom stereocenters. The highest BCUT2D eigenvalue weighted by Crippen LogP contribution is 1.91. The van der Waals surface area contributed by atoms with Gasteiger partial charge < -0.3 is 15.3 Å². The Bertz CT molecular complexity index is 260. The molecule has 0 atom stereocenters. The lowest BCUT2D eigenvalue weighted by Crippen LogP contribution is -2.41. The molecule has 0 radical (unpaired) electrons. The summed E-state index contributed by atoms with van der Waals surface area (Å²) < 4.78 is 0. The number of carbonyl (C=O) groups is 2. The summed E-state index contributed by atoms with van der Waals surface area (Å²) in [5.41, 5.74) is 0. The second-order valence-corrected chi connectivity index (χ2v) is 2.86. The molecule has 0 aliphatic rings. The average molecular weight is 213 g/mol. The smallest absolute Gasteiger partial charge is 0.317 e. The molecule has 6 heteroatoms. The zero-order chi connectivity index (χ0) is 11.7. The van der Waals surface area contributed by atoms with Gasteiger partial charge in [0, 0.05) is 19.6 Å². The van der Waals surface area contributed by atoms with Gasteiger partial charge in [0.25, 0.3) is 0 Å². The molecule has 0 aromatic carbocycles. The van der Waals surface area contributed by atoms with Crippen molar-refractivity contribution in [3.05, 3.63) is 0 Å². The van der Waals surface area contributed by atoms with Crippen LogP contribution in [-0.4, -0.2) is 41.6 Å². The van der Waals surface area contributed by atoms with Crippen molar-refractivity contribution in [2.24, 2.45) is 0 Å². The third-order valence-electron chi connectivity index (χ3n) is 1.78. The predicted molar refractivity (Wildman–Crippen MR) is 53.1 cm³/mol. The van der Waals surface area contributed by atoms with E-state index in [4.69, 9.17) is 10.4 Å². The molecule has 0 aromatic heterocycles. The Morgan fingerprint density at radius 1 is 1.53 bits per heavy atom. The van der Waals surface area contributed by atoms with E-state index in [-0.39, 0.29) is 25.4 Å².